The maximum absolute atomic E-state index is 12.6. The third-order valence-corrected chi connectivity index (χ3v) is 4.85. The van der Waals surface area contributed by atoms with Gasteiger partial charge in [0.05, 0.1) is 0 Å². The molecule has 0 bridgehead atoms. The van der Waals surface area contributed by atoms with Gasteiger partial charge in [0.2, 0.25) is 11.7 Å². The van der Waals surface area contributed by atoms with Crippen molar-refractivity contribution >= 4 is 11.6 Å². The van der Waals surface area contributed by atoms with Gasteiger partial charge in [0, 0.05) is 37.4 Å². The second-order valence-corrected chi connectivity index (χ2v) is 7.01. The van der Waals surface area contributed by atoms with Gasteiger partial charge in [0.25, 0.3) is 0 Å². The van der Waals surface area contributed by atoms with E-state index in [0.717, 1.165) is 24.1 Å². The minimum Gasteiger partial charge on any atom is -0.378 e. The van der Waals surface area contributed by atoms with Crippen LogP contribution in [-0.4, -0.2) is 57.2 Å². The number of carbonyl (C=O) groups excluding carboxylic acids is 1. The molecule has 1 aromatic heterocycles. The Morgan fingerprint density at radius 2 is 1.80 bits per heavy atom. The van der Waals surface area contributed by atoms with Crippen molar-refractivity contribution < 1.29 is 4.79 Å². The van der Waals surface area contributed by atoms with E-state index in [1.165, 1.54) is 11.2 Å². The number of hydrogen-bond acceptors (Lipinski definition) is 5. The molecule has 0 aliphatic carbocycles. The van der Waals surface area contributed by atoms with Crippen molar-refractivity contribution in [3.8, 4) is 11.4 Å². The van der Waals surface area contributed by atoms with E-state index in [1.807, 2.05) is 48.2 Å². The first kappa shape index (κ1) is 17.4. The standard InChI is InChI=1S/C18H26N6O/c1-13-6-5-7-14(2)24(13)17(25)12-23-20-18(19-21-23)15-8-10-16(11-9-15)22(3)4/h8-11,13-14H,5-7,12H2,1-4H3/t13-,14-/m1/s1. The summed E-state index contributed by atoms with van der Waals surface area (Å²) in [4.78, 5) is 18.0. The Balaban J connectivity index is 1.70. The van der Waals surface area contributed by atoms with Crippen molar-refractivity contribution in [2.45, 2.75) is 51.7 Å². The summed E-state index contributed by atoms with van der Waals surface area (Å²) in [5, 5.41) is 12.5. The topological polar surface area (TPSA) is 67.2 Å². The normalized spacial score (nSPS) is 20.6. The zero-order valence-corrected chi connectivity index (χ0v) is 15.4. The van der Waals surface area contributed by atoms with Crippen LogP contribution >= 0.6 is 0 Å². The van der Waals surface area contributed by atoms with Gasteiger partial charge in [0.1, 0.15) is 6.54 Å². The monoisotopic (exact) mass is 342 g/mol. The molecule has 3 rings (SSSR count). The van der Waals surface area contributed by atoms with E-state index in [9.17, 15) is 4.79 Å². The van der Waals surface area contributed by atoms with Gasteiger partial charge in [-0.3, -0.25) is 4.79 Å². The van der Waals surface area contributed by atoms with Gasteiger partial charge in [-0.15, -0.1) is 10.2 Å². The molecule has 7 heteroatoms. The van der Waals surface area contributed by atoms with E-state index in [-0.39, 0.29) is 24.5 Å². The maximum Gasteiger partial charge on any atom is 0.246 e. The van der Waals surface area contributed by atoms with Gasteiger partial charge in [-0.25, -0.2) is 0 Å². The first-order valence-electron chi connectivity index (χ1n) is 8.82. The maximum atomic E-state index is 12.6. The summed E-state index contributed by atoms with van der Waals surface area (Å²) in [7, 11) is 4.00. The predicted molar refractivity (Wildman–Crippen MR) is 97.2 cm³/mol. The second kappa shape index (κ2) is 7.21. The van der Waals surface area contributed by atoms with Crippen molar-refractivity contribution in [3.63, 3.8) is 0 Å². The lowest BCUT2D eigenvalue weighted by Gasteiger charge is -2.38. The smallest absolute Gasteiger partial charge is 0.246 e. The Morgan fingerprint density at radius 1 is 1.16 bits per heavy atom. The Labute approximate surface area is 148 Å². The molecule has 1 amide bonds. The number of benzene rings is 1. The summed E-state index contributed by atoms with van der Waals surface area (Å²) in [6.07, 6.45) is 3.30. The summed E-state index contributed by atoms with van der Waals surface area (Å²) >= 11 is 0. The molecule has 0 saturated carbocycles. The Morgan fingerprint density at radius 3 is 2.40 bits per heavy atom. The molecule has 2 atom stereocenters. The van der Waals surface area contributed by atoms with Gasteiger partial charge in [-0.2, -0.15) is 4.80 Å². The Kier molecular flexibility index (Phi) is 5.01. The van der Waals surface area contributed by atoms with Gasteiger partial charge < -0.3 is 9.80 Å². The first-order valence-corrected chi connectivity index (χ1v) is 8.82. The summed E-state index contributed by atoms with van der Waals surface area (Å²) in [6, 6.07) is 8.51. The third-order valence-electron chi connectivity index (χ3n) is 4.85. The Bertz CT molecular complexity index is 713. The van der Waals surface area contributed by atoms with Gasteiger partial charge in [-0.05, 0) is 62.6 Å². The van der Waals surface area contributed by atoms with Crippen LogP contribution in [0.3, 0.4) is 0 Å². The lowest BCUT2D eigenvalue weighted by atomic mass is 9.97. The molecule has 0 radical (unpaired) electrons. The zero-order valence-electron chi connectivity index (χ0n) is 15.4. The van der Waals surface area contributed by atoms with Gasteiger partial charge in [-0.1, -0.05) is 0 Å². The molecule has 1 aliphatic rings. The highest BCUT2D eigenvalue weighted by Crippen LogP contribution is 2.23. The number of piperidine rings is 1. The fourth-order valence-electron chi connectivity index (χ4n) is 3.45. The number of likely N-dealkylation sites (tertiary alicyclic amines) is 1. The second-order valence-electron chi connectivity index (χ2n) is 7.01. The van der Waals surface area contributed by atoms with Crippen LogP contribution in [0.4, 0.5) is 5.69 Å². The molecule has 1 fully saturated rings. The van der Waals surface area contributed by atoms with Crippen LogP contribution in [0.5, 0.6) is 0 Å². The minimum atomic E-state index is 0.0617. The van der Waals surface area contributed by atoms with E-state index >= 15 is 0 Å². The van der Waals surface area contributed by atoms with Crippen molar-refractivity contribution in [2.24, 2.45) is 0 Å². The highest BCUT2D eigenvalue weighted by atomic mass is 16.2. The molecule has 0 spiro atoms. The Hall–Kier alpha value is -2.44. The number of tetrazole rings is 1. The number of rotatable bonds is 4. The molecule has 0 unspecified atom stereocenters. The SMILES string of the molecule is C[C@@H]1CCC[C@@H](C)N1C(=O)Cn1nnc(-c2ccc(N(C)C)cc2)n1. The highest BCUT2D eigenvalue weighted by molar-refractivity contribution is 5.76. The van der Waals surface area contributed by atoms with Crippen LogP contribution in [0.1, 0.15) is 33.1 Å². The number of anilines is 1. The summed E-state index contributed by atoms with van der Waals surface area (Å²) in [6.45, 7) is 4.36. The summed E-state index contributed by atoms with van der Waals surface area (Å²) in [5.74, 6) is 0.601. The molecular weight excluding hydrogens is 316 g/mol. The van der Waals surface area contributed by atoms with E-state index in [1.54, 1.807) is 0 Å². The molecule has 1 aliphatic heterocycles. The molecule has 1 aromatic carbocycles. The van der Waals surface area contributed by atoms with E-state index < -0.39 is 0 Å². The number of hydrogen-bond donors (Lipinski definition) is 0. The van der Waals surface area contributed by atoms with Crippen LogP contribution in [0.2, 0.25) is 0 Å². The highest BCUT2D eigenvalue weighted by Gasteiger charge is 2.29. The average Bonchev–Trinajstić information content (AvgIpc) is 3.03. The first-order chi connectivity index (χ1) is 12.0. The molecule has 2 aromatic rings. The van der Waals surface area contributed by atoms with Crippen LogP contribution in [0.15, 0.2) is 24.3 Å². The van der Waals surface area contributed by atoms with E-state index in [4.69, 9.17) is 0 Å². The average molecular weight is 342 g/mol. The summed E-state index contributed by atoms with van der Waals surface area (Å²) in [5.41, 5.74) is 2.00. The number of carbonyl (C=O) groups is 1. The lowest BCUT2D eigenvalue weighted by Crippen LogP contribution is -2.48. The molecule has 7 nitrogen and oxygen atoms in total. The fraction of sp³-hybridized carbons (Fsp3) is 0.556. The molecule has 25 heavy (non-hydrogen) atoms. The fourth-order valence-corrected chi connectivity index (χ4v) is 3.45. The molecular formula is C18H26N6O. The lowest BCUT2D eigenvalue weighted by molar-refractivity contribution is -0.138. The minimum absolute atomic E-state index is 0.0617. The van der Waals surface area contributed by atoms with Crippen molar-refractivity contribution in [2.75, 3.05) is 19.0 Å². The van der Waals surface area contributed by atoms with Crippen LogP contribution in [-0.2, 0) is 11.3 Å². The predicted octanol–water partition coefficient (Wildman–Crippen LogP) is 2.20. The zero-order chi connectivity index (χ0) is 18.0. The number of aromatic nitrogens is 4. The van der Waals surface area contributed by atoms with Crippen molar-refractivity contribution in [3.05, 3.63) is 24.3 Å². The quantitative estimate of drug-likeness (QED) is 0.852. The van der Waals surface area contributed by atoms with Crippen LogP contribution in [0.25, 0.3) is 11.4 Å². The van der Waals surface area contributed by atoms with Gasteiger partial charge >= 0.3 is 0 Å². The van der Waals surface area contributed by atoms with E-state index in [2.05, 4.69) is 29.3 Å². The molecule has 0 N–H and O–H groups in total. The molecule has 1 saturated heterocycles. The van der Waals surface area contributed by atoms with Crippen LogP contribution in [0, 0.1) is 0 Å². The van der Waals surface area contributed by atoms with Crippen molar-refractivity contribution in [1.82, 2.24) is 25.1 Å². The van der Waals surface area contributed by atoms with Crippen molar-refractivity contribution in [1.29, 1.82) is 0 Å². The molecule has 134 valence electrons. The largest absolute Gasteiger partial charge is 0.378 e. The van der Waals surface area contributed by atoms with E-state index in [0.29, 0.717) is 5.82 Å². The molecule has 2 heterocycles. The number of amides is 1. The number of nitrogens with zero attached hydrogens (tertiary/aromatic N) is 6. The van der Waals surface area contributed by atoms with Crippen LogP contribution < -0.4 is 4.90 Å². The third kappa shape index (κ3) is 3.81. The summed E-state index contributed by atoms with van der Waals surface area (Å²) < 4.78 is 0. The van der Waals surface area contributed by atoms with Gasteiger partial charge in [0.15, 0.2) is 0 Å².